The first-order valence-corrected chi connectivity index (χ1v) is 8.62. The molecule has 0 saturated carbocycles. The number of halogens is 3. The summed E-state index contributed by atoms with van der Waals surface area (Å²) in [6.07, 6.45) is 0.190. The number of benzene rings is 2. The van der Waals surface area contributed by atoms with Gasteiger partial charge in [0.2, 0.25) is 17.6 Å². The van der Waals surface area contributed by atoms with Gasteiger partial charge in [-0.1, -0.05) is 28.4 Å². The molecule has 4 rings (SSSR count). The maximum atomic E-state index is 13.5. The molecule has 1 aliphatic heterocycles. The first-order valence-electron chi connectivity index (χ1n) is 7.86. The molecule has 0 N–H and O–H groups in total. The smallest absolute Gasteiger partial charge is 0.232 e. The van der Waals surface area contributed by atoms with Crippen molar-refractivity contribution in [2.45, 2.75) is 12.3 Å². The number of hydrogen-bond donors (Lipinski definition) is 0. The molecular weight excluding hydrogens is 380 g/mol. The Balaban J connectivity index is 1.58. The van der Waals surface area contributed by atoms with Crippen LogP contribution >= 0.6 is 23.2 Å². The van der Waals surface area contributed by atoms with Crippen molar-refractivity contribution in [3.8, 4) is 11.4 Å². The molecule has 0 radical (unpaired) electrons. The summed E-state index contributed by atoms with van der Waals surface area (Å²) in [5, 5.41) is 4.90. The highest BCUT2D eigenvalue weighted by Gasteiger charge is 2.36. The first kappa shape index (κ1) is 17.0. The average molecular weight is 392 g/mol. The Morgan fingerprint density at radius 1 is 1.15 bits per heavy atom. The van der Waals surface area contributed by atoms with E-state index in [0.29, 0.717) is 34.0 Å². The van der Waals surface area contributed by atoms with Crippen molar-refractivity contribution >= 4 is 34.8 Å². The fourth-order valence-electron chi connectivity index (χ4n) is 2.92. The fourth-order valence-corrected chi connectivity index (χ4v) is 3.26. The Bertz CT molecular complexity index is 975. The number of aromatic nitrogens is 2. The second-order valence-electron chi connectivity index (χ2n) is 5.96. The Kier molecular flexibility index (Phi) is 4.38. The number of amides is 1. The van der Waals surface area contributed by atoms with Crippen LogP contribution in [0.25, 0.3) is 11.4 Å². The van der Waals surface area contributed by atoms with Gasteiger partial charge in [-0.25, -0.2) is 4.39 Å². The Morgan fingerprint density at radius 2 is 1.92 bits per heavy atom. The Labute approximate surface area is 158 Å². The van der Waals surface area contributed by atoms with E-state index in [1.807, 2.05) is 0 Å². The predicted molar refractivity (Wildman–Crippen MR) is 95.9 cm³/mol. The zero-order chi connectivity index (χ0) is 18.3. The number of carbonyl (C=O) groups excluding carboxylic acids is 1. The van der Waals surface area contributed by atoms with Crippen LogP contribution < -0.4 is 4.90 Å². The minimum atomic E-state index is -0.455. The van der Waals surface area contributed by atoms with Crippen LogP contribution in [0.4, 0.5) is 10.1 Å². The second-order valence-corrected chi connectivity index (χ2v) is 6.81. The summed E-state index contributed by atoms with van der Waals surface area (Å²) in [6, 6.07) is 11.0. The molecule has 8 heteroatoms. The van der Waals surface area contributed by atoms with Crippen LogP contribution in [0.1, 0.15) is 18.2 Å². The lowest BCUT2D eigenvalue weighted by Crippen LogP contribution is -2.24. The first-order chi connectivity index (χ1) is 12.5. The van der Waals surface area contributed by atoms with Gasteiger partial charge in [0.25, 0.3) is 0 Å². The standard InChI is InChI=1S/C18H12Cl2FN3O2/c19-12-3-1-10(2-4-12)17-22-18(26-23-17)11-7-16(25)24(9-11)15-8-13(21)5-6-14(15)20/h1-6,8,11H,7,9H2. The summed E-state index contributed by atoms with van der Waals surface area (Å²) in [4.78, 5) is 18.2. The molecule has 26 heavy (non-hydrogen) atoms. The maximum absolute atomic E-state index is 13.5. The van der Waals surface area contributed by atoms with Crippen molar-refractivity contribution in [2.24, 2.45) is 0 Å². The third kappa shape index (κ3) is 3.18. The van der Waals surface area contributed by atoms with Crippen molar-refractivity contribution < 1.29 is 13.7 Å². The number of carbonyl (C=O) groups is 1. The Hall–Kier alpha value is -2.44. The summed E-state index contributed by atoms with van der Waals surface area (Å²) in [5.41, 5.74) is 1.11. The molecule has 1 aliphatic rings. The van der Waals surface area contributed by atoms with E-state index in [2.05, 4.69) is 10.1 Å². The molecular formula is C18H12Cl2FN3O2. The van der Waals surface area contributed by atoms with Gasteiger partial charge < -0.3 is 9.42 Å². The molecule has 1 unspecified atom stereocenters. The van der Waals surface area contributed by atoms with E-state index in [1.54, 1.807) is 24.3 Å². The number of nitrogens with zero attached hydrogens (tertiary/aromatic N) is 3. The molecule has 2 heterocycles. The van der Waals surface area contributed by atoms with Crippen molar-refractivity contribution in [1.29, 1.82) is 0 Å². The van der Waals surface area contributed by atoms with Crippen molar-refractivity contribution in [3.05, 3.63) is 64.2 Å². The van der Waals surface area contributed by atoms with E-state index < -0.39 is 5.82 Å². The van der Waals surface area contributed by atoms with Gasteiger partial charge in [-0.05, 0) is 42.5 Å². The van der Waals surface area contributed by atoms with Gasteiger partial charge in [-0.15, -0.1) is 0 Å². The largest absolute Gasteiger partial charge is 0.339 e. The van der Waals surface area contributed by atoms with Crippen LogP contribution in [0, 0.1) is 5.82 Å². The number of rotatable bonds is 3. The maximum Gasteiger partial charge on any atom is 0.232 e. The van der Waals surface area contributed by atoms with Crippen molar-refractivity contribution in [3.63, 3.8) is 0 Å². The number of hydrogen-bond acceptors (Lipinski definition) is 4. The lowest BCUT2D eigenvalue weighted by atomic mass is 10.1. The van der Waals surface area contributed by atoms with Gasteiger partial charge in [0.15, 0.2) is 0 Å². The van der Waals surface area contributed by atoms with E-state index in [-0.39, 0.29) is 18.2 Å². The predicted octanol–water partition coefficient (Wildman–Crippen LogP) is 4.70. The highest BCUT2D eigenvalue weighted by atomic mass is 35.5. The van der Waals surface area contributed by atoms with E-state index in [4.69, 9.17) is 27.7 Å². The molecule has 1 aromatic heterocycles. The summed E-state index contributed by atoms with van der Waals surface area (Å²) in [5.74, 6) is -0.128. The van der Waals surface area contributed by atoms with Gasteiger partial charge in [-0.2, -0.15) is 4.98 Å². The van der Waals surface area contributed by atoms with Gasteiger partial charge in [0, 0.05) is 23.6 Å². The SMILES string of the molecule is O=C1CC(c2nc(-c3ccc(Cl)cc3)no2)CN1c1cc(F)ccc1Cl. The van der Waals surface area contributed by atoms with Gasteiger partial charge in [0.05, 0.1) is 16.6 Å². The van der Waals surface area contributed by atoms with E-state index in [9.17, 15) is 9.18 Å². The minimum absolute atomic E-state index is 0.172. The summed E-state index contributed by atoms with van der Waals surface area (Å²) < 4.78 is 18.9. The molecule has 0 aliphatic carbocycles. The second kappa shape index (κ2) is 6.70. The summed E-state index contributed by atoms with van der Waals surface area (Å²) in [7, 11) is 0. The molecule has 1 fully saturated rings. The Morgan fingerprint density at radius 3 is 2.69 bits per heavy atom. The summed E-state index contributed by atoms with van der Waals surface area (Å²) in [6.45, 7) is 0.296. The third-order valence-corrected chi connectivity index (χ3v) is 4.79. The highest BCUT2D eigenvalue weighted by Crippen LogP contribution is 2.35. The van der Waals surface area contributed by atoms with E-state index in [1.165, 1.54) is 23.1 Å². The molecule has 3 aromatic rings. The van der Waals surface area contributed by atoms with Crippen LogP contribution in [-0.2, 0) is 4.79 Å². The van der Waals surface area contributed by atoms with Crippen LogP contribution in [0.3, 0.4) is 0 Å². The topological polar surface area (TPSA) is 59.2 Å². The van der Waals surface area contributed by atoms with Crippen LogP contribution in [0.2, 0.25) is 10.0 Å². The van der Waals surface area contributed by atoms with Crippen molar-refractivity contribution in [1.82, 2.24) is 10.1 Å². The third-order valence-electron chi connectivity index (χ3n) is 4.22. The van der Waals surface area contributed by atoms with Crippen LogP contribution in [-0.4, -0.2) is 22.6 Å². The van der Waals surface area contributed by atoms with Crippen LogP contribution in [0.15, 0.2) is 47.0 Å². The fraction of sp³-hybridized carbons (Fsp3) is 0.167. The quantitative estimate of drug-likeness (QED) is 0.648. The van der Waals surface area contributed by atoms with Crippen LogP contribution in [0.5, 0.6) is 0 Å². The molecule has 1 saturated heterocycles. The molecule has 0 bridgehead atoms. The normalized spacial score (nSPS) is 17.1. The molecule has 5 nitrogen and oxygen atoms in total. The zero-order valence-electron chi connectivity index (χ0n) is 13.3. The zero-order valence-corrected chi connectivity index (χ0v) is 14.8. The average Bonchev–Trinajstić information content (AvgIpc) is 3.25. The highest BCUT2D eigenvalue weighted by molar-refractivity contribution is 6.33. The molecule has 1 atom stereocenters. The monoisotopic (exact) mass is 391 g/mol. The lowest BCUT2D eigenvalue weighted by Gasteiger charge is -2.17. The van der Waals surface area contributed by atoms with Crippen molar-refractivity contribution in [2.75, 3.05) is 11.4 Å². The molecule has 0 spiro atoms. The molecule has 2 aromatic carbocycles. The van der Waals surface area contributed by atoms with E-state index >= 15 is 0 Å². The number of anilines is 1. The lowest BCUT2D eigenvalue weighted by molar-refractivity contribution is -0.117. The van der Waals surface area contributed by atoms with Gasteiger partial charge in [-0.3, -0.25) is 4.79 Å². The van der Waals surface area contributed by atoms with Gasteiger partial charge >= 0.3 is 0 Å². The summed E-state index contributed by atoms with van der Waals surface area (Å²) >= 11 is 12.0. The molecule has 1 amide bonds. The van der Waals surface area contributed by atoms with Gasteiger partial charge in [0.1, 0.15) is 5.82 Å². The van der Waals surface area contributed by atoms with E-state index in [0.717, 1.165) is 5.56 Å². The minimum Gasteiger partial charge on any atom is -0.339 e. The molecule has 132 valence electrons.